The number of hydrogen-bond acceptors (Lipinski definition) is 2. The van der Waals surface area contributed by atoms with Gasteiger partial charge < -0.3 is 5.32 Å². The Morgan fingerprint density at radius 3 is 2.75 bits per heavy atom. The first-order valence-electron chi connectivity index (χ1n) is 5.94. The Kier molecular flexibility index (Phi) is 3.40. The van der Waals surface area contributed by atoms with E-state index in [1.54, 1.807) is 0 Å². The van der Waals surface area contributed by atoms with E-state index in [1.165, 1.54) is 16.5 Å². The fourth-order valence-electron chi connectivity index (χ4n) is 1.96. The van der Waals surface area contributed by atoms with Crippen molar-refractivity contribution in [3.8, 4) is 0 Å². The summed E-state index contributed by atoms with van der Waals surface area (Å²) in [4.78, 5) is 4.15. The minimum absolute atomic E-state index is 0.554. The highest BCUT2D eigenvalue weighted by molar-refractivity contribution is 5.93. The smallest absolute Gasteiger partial charge is 0.0423 e. The zero-order valence-corrected chi connectivity index (χ0v) is 9.90. The van der Waals surface area contributed by atoms with Crippen molar-refractivity contribution < 1.29 is 0 Å². The average Bonchev–Trinajstić information content (AvgIpc) is 2.36. The van der Waals surface area contributed by atoms with E-state index in [-0.39, 0.29) is 0 Å². The van der Waals surface area contributed by atoms with Gasteiger partial charge >= 0.3 is 0 Å². The molecule has 0 aliphatic heterocycles. The maximum Gasteiger partial charge on any atom is 0.0423 e. The van der Waals surface area contributed by atoms with Gasteiger partial charge in [-0.3, -0.25) is 4.98 Å². The summed E-state index contributed by atoms with van der Waals surface area (Å²) < 4.78 is 0. The SMILES string of the molecule is CCC(CC)Nc1cccc2cnccc12. The maximum atomic E-state index is 4.15. The molecule has 2 rings (SSSR count). The van der Waals surface area contributed by atoms with Crippen LogP contribution in [-0.2, 0) is 0 Å². The summed E-state index contributed by atoms with van der Waals surface area (Å²) in [7, 11) is 0. The van der Waals surface area contributed by atoms with Gasteiger partial charge in [-0.05, 0) is 25.0 Å². The second kappa shape index (κ2) is 4.97. The molecule has 1 N–H and O–H groups in total. The minimum Gasteiger partial charge on any atom is -0.382 e. The lowest BCUT2D eigenvalue weighted by atomic mass is 10.1. The number of nitrogens with one attached hydrogen (secondary N) is 1. The molecule has 1 aromatic heterocycles. The largest absolute Gasteiger partial charge is 0.382 e. The summed E-state index contributed by atoms with van der Waals surface area (Å²) in [5.74, 6) is 0. The Hall–Kier alpha value is -1.57. The van der Waals surface area contributed by atoms with Gasteiger partial charge in [0.25, 0.3) is 0 Å². The van der Waals surface area contributed by atoms with E-state index in [2.05, 4.69) is 48.4 Å². The van der Waals surface area contributed by atoms with Crippen molar-refractivity contribution in [2.75, 3.05) is 5.32 Å². The summed E-state index contributed by atoms with van der Waals surface area (Å²) in [6, 6.07) is 8.94. The van der Waals surface area contributed by atoms with Crippen molar-refractivity contribution in [3.63, 3.8) is 0 Å². The van der Waals surface area contributed by atoms with Gasteiger partial charge in [-0.1, -0.05) is 26.0 Å². The molecule has 0 saturated heterocycles. The van der Waals surface area contributed by atoms with Crippen molar-refractivity contribution in [1.29, 1.82) is 0 Å². The number of fused-ring (bicyclic) bond motifs is 1. The molecule has 0 unspecified atom stereocenters. The van der Waals surface area contributed by atoms with Crippen LogP contribution in [0.2, 0.25) is 0 Å². The number of hydrogen-bond donors (Lipinski definition) is 1. The second-order valence-corrected chi connectivity index (χ2v) is 4.06. The lowest BCUT2D eigenvalue weighted by Crippen LogP contribution is -2.16. The van der Waals surface area contributed by atoms with Crippen LogP contribution in [0.25, 0.3) is 10.8 Å². The van der Waals surface area contributed by atoms with Gasteiger partial charge in [0.05, 0.1) is 0 Å². The highest BCUT2D eigenvalue weighted by Gasteiger charge is 2.05. The number of rotatable bonds is 4. The molecule has 0 spiro atoms. The monoisotopic (exact) mass is 214 g/mol. The molecular formula is C14H18N2. The van der Waals surface area contributed by atoms with E-state index in [0.29, 0.717) is 6.04 Å². The molecule has 16 heavy (non-hydrogen) atoms. The molecule has 2 nitrogen and oxygen atoms in total. The van der Waals surface area contributed by atoms with Crippen molar-refractivity contribution >= 4 is 16.5 Å². The molecule has 0 aliphatic rings. The predicted molar refractivity (Wildman–Crippen MR) is 69.7 cm³/mol. The molecule has 1 heterocycles. The number of pyridine rings is 1. The van der Waals surface area contributed by atoms with E-state index in [9.17, 15) is 0 Å². The first-order valence-corrected chi connectivity index (χ1v) is 5.94. The normalized spacial score (nSPS) is 10.9. The van der Waals surface area contributed by atoms with Crippen LogP contribution in [0.1, 0.15) is 26.7 Å². The van der Waals surface area contributed by atoms with Crippen LogP contribution < -0.4 is 5.32 Å². The van der Waals surface area contributed by atoms with Gasteiger partial charge in [0.1, 0.15) is 0 Å². The molecule has 0 fully saturated rings. The van der Waals surface area contributed by atoms with Crippen molar-refractivity contribution in [1.82, 2.24) is 4.98 Å². The third-order valence-electron chi connectivity index (χ3n) is 3.03. The molecule has 1 aromatic carbocycles. The van der Waals surface area contributed by atoms with Gasteiger partial charge in [0, 0.05) is 34.9 Å². The van der Waals surface area contributed by atoms with E-state index in [0.717, 1.165) is 12.8 Å². The molecule has 2 heteroatoms. The lowest BCUT2D eigenvalue weighted by molar-refractivity contribution is 0.672. The van der Waals surface area contributed by atoms with E-state index < -0.39 is 0 Å². The van der Waals surface area contributed by atoms with Crippen LogP contribution in [0.4, 0.5) is 5.69 Å². The number of nitrogens with zero attached hydrogens (tertiary/aromatic N) is 1. The maximum absolute atomic E-state index is 4.15. The predicted octanol–water partition coefficient (Wildman–Crippen LogP) is 3.84. The molecule has 0 bridgehead atoms. The van der Waals surface area contributed by atoms with Crippen molar-refractivity contribution in [3.05, 3.63) is 36.7 Å². The van der Waals surface area contributed by atoms with E-state index in [4.69, 9.17) is 0 Å². The van der Waals surface area contributed by atoms with Gasteiger partial charge in [-0.15, -0.1) is 0 Å². The van der Waals surface area contributed by atoms with Gasteiger partial charge in [-0.25, -0.2) is 0 Å². The fourth-order valence-corrected chi connectivity index (χ4v) is 1.96. The van der Waals surface area contributed by atoms with Gasteiger partial charge in [-0.2, -0.15) is 0 Å². The molecule has 0 aliphatic carbocycles. The van der Waals surface area contributed by atoms with E-state index in [1.807, 2.05) is 12.4 Å². The zero-order valence-electron chi connectivity index (χ0n) is 9.90. The molecule has 2 aromatic rings. The number of anilines is 1. The molecular weight excluding hydrogens is 196 g/mol. The highest BCUT2D eigenvalue weighted by atomic mass is 14.9. The molecule has 0 radical (unpaired) electrons. The minimum atomic E-state index is 0.554. The van der Waals surface area contributed by atoms with Crippen LogP contribution in [-0.4, -0.2) is 11.0 Å². The summed E-state index contributed by atoms with van der Waals surface area (Å²) in [6.07, 6.45) is 6.06. The van der Waals surface area contributed by atoms with Crippen molar-refractivity contribution in [2.24, 2.45) is 0 Å². The summed E-state index contributed by atoms with van der Waals surface area (Å²) in [5, 5.41) is 6.04. The Bertz CT molecular complexity index is 456. The Balaban J connectivity index is 2.36. The van der Waals surface area contributed by atoms with Crippen LogP contribution in [0.15, 0.2) is 36.7 Å². The molecule has 84 valence electrons. The summed E-state index contributed by atoms with van der Waals surface area (Å²) in [5.41, 5.74) is 1.22. The average molecular weight is 214 g/mol. The van der Waals surface area contributed by atoms with Crippen LogP contribution in [0, 0.1) is 0 Å². The Morgan fingerprint density at radius 2 is 2.00 bits per heavy atom. The van der Waals surface area contributed by atoms with Crippen LogP contribution in [0.5, 0.6) is 0 Å². The molecule has 0 saturated carbocycles. The standard InChI is InChI=1S/C14H18N2/c1-3-12(4-2)16-14-7-5-6-11-10-15-9-8-13(11)14/h5-10,12,16H,3-4H2,1-2H3. The number of aromatic nitrogens is 1. The first kappa shape index (κ1) is 10.9. The quantitative estimate of drug-likeness (QED) is 0.836. The molecule has 0 amide bonds. The second-order valence-electron chi connectivity index (χ2n) is 4.06. The molecule has 0 atom stereocenters. The lowest BCUT2D eigenvalue weighted by Gasteiger charge is -2.17. The topological polar surface area (TPSA) is 24.9 Å². The fraction of sp³-hybridized carbons (Fsp3) is 0.357. The number of benzene rings is 1. The van der Waals surface area contributed by atoms with Gasteiger partial charge in [0.15, 0.2) is 0 Å². The van der Waals surface area contributed by atoms with Crippen LogP contribution >= 0.6 is 0 Å². The van der Waals surface area contributed by atoms with Gasteiger partial charge in [0.2, 0.25) is 0 Å². The first-order chi connectivity index (χ1) is 7.85. The van der Waals surface area contributed by atoms with Crippen LogP contribution in [0.3, 0.4) is 0 Å². The van der Waals surface area contributed by atoms with Crippen molar-refractivity contribution in [2.45, 2.75) is 32.7 Å². The van der Waals surface area contributed by atoms with E-state index >= 15 is 0 Å². The zero-order chi connectivity index (χ0) is 11.4. The summed E-state index contributed by atoms with van der Waals surface area (Å²) in [6.45, 7) is 4.43. The Labute approximate surface area is 96.7 Å². The third kappa shape index (κ3) is 2.16. The Morgan fingerprint density at radius 1 is 1.19 bits per heavy atom. The summed E-state index contributed by atoms with van der Waals surface area (Å²) >= 11 is 0. The third-order valence-corrected chi connectivity index (χ3v) is 3.03. The highest BCUT2D eigenvalue weighted by Crippen LogP contribution is 2.23.